The molecule has 0 radical (unpaired) electrons. The molecule has 1 amide bonds. The van der Waals surface area contributed by atoms with Gasteiger partial charge < -0.3 is 26.0 Å². The van der Waals surface area contributed by atoms with E-state index in [2.05, 4.69) is 26.6 Å². The van der Waals surface area contributed by atoms with Crippen molar-refractivity contribution in [2.45, 2.75) is 50.7 Å². The Morgan fingerprint density at radius 3 is 2.86 bits per heavy atom. The van der Waals surface area contributed by atoms with Gasteiger partial charge in [-0.3, -0.25) is 4.79 Å². The fourth-order valence-corrected chi connectivity index (χ4v) is 5.05. The van der Waals surface area contributed by atoms with Gasteiger partial charge in [0.05, 0.1) is 13.2 Å². The number of halogens is 1. The first-order chi connectivity index (χ1) is 13.7. The third-order valence-electron chi connectivity index (χ3n) is 6.66. The zero-order chi connectivity index (χ0) is 19.3. The number of hydrogen-bond acceptors (Lipinski definition) is 6. The van der Waals surface area contributed by atoms with Gasteiger partial charge in [0.15, 0.2) is 0 Å². The van der Waals surface area contributed by atoms with Crippen molar-refractivity contribution < 1.29 is 9.53 Å². The number of nitrogens with one attached hydrogen (secondary N) is 2. The zero-order valence-electron chi connectivity index (χ0n) is 17.0. The summed E-state index contributed by atoms with van der Waals surface area (Å²) in [6.45, 7) is 5.12. The molecular weight excluding hydrogens is 390 g/mol. The summed E-state index contributed by atoms with van der Waals surface area (Å²) in [7, 11) is 0. The molecule has 3 heterocycles. The van der Waals surface area contributed by atoms with Crippen LogP contribution in [0.5, 0.6) is 0 Å². The first-order valence-electron chi connectivity index (χ1n) is 10.7. The standard InChI is InChI=1S/C21H33N5O2.ClH/c22-20(27)15-6-10-26(11-7-15)21-16(3-2-8-24-21)13-25-18-5-1-4-17(18)19-14-28-12-9-23-19;/h2-3,8,15,17-19,23,25H,1,4-7,9-14H2,(H2,22,27);1H. The number of carbonyl (C=O) groups excluding carboxylic acids is 1. The number of amides is 1. The predicted octanol–water partition coefficient (Wildman–Crippen LogP) is 1.45. The van der Waals surface area contributed by atoms with Crippen molar-refractivity contribution in [3.8, 4) is 0 Å². The molecule has 2 saturated heterocycles. The molecule has 2 aliphatic heterocycles. The SMILES string of the molecule is Cl.NC(=O)C1CCN(c2ncccc2CNC2CCCC2C2COCCN2)CC1. The summed E-state index contributed by atoms with van der Waals surface area (Å²) < 4.78 is 5.69. The molecule has 162 valence electrons. The van der Waals surface area contributed by atoms with Gasteiger partial charge in [-0.1, -0.05) is 12.5 Å². The minimum absolute atomic E-state index is 0. The summed E-state index contributed by atoms with van der Waals surface area (Å²) in [5.41, 5.74) is 6.71. The number of rotatable bonds is 6. The summed E-state index contributed by atoms with van der Waals surface area (Å²) >= 11 is 0. The van der Waals surface area contributed by atoms with Crippen molar-refractivity contribution in [2.75, 3.05) is 37.7 Å². The Kier molecular flexibility index (Phi) is 8.12. The van der Waals surface area contributed by atoms with E-state index in [0.29, 0.717) is 18.0 Å². The second-order valence-corrected chi connectivity index (χ2v) is 8.37. The van der Waals surface area contributed by atoms with E-state index >= 15 is 0 Å². The summed E-state index contributed by atoms with van der Waals surface area (Å²) in [5.74, 6) is 1.51. The van der Waals surface area contributed by atoms with Gasteiger partial charge in [-0.2, -0.15) is 0 Å². The largest absolute Gasteiger partial charge is 0.379 e. The molecule has 29 heavy (non-hydrogen) atoms. The molecule has 0 spiro atoms. The maximum absolute atomic E-state index is 11.4. The number of pyridine rings is 1. The van der Waals surface area contributed by atoms with Crippen LogP contribution in [0.15, 0.2) is 18.3 Å². The number of hydrogen-bond donors (Lipinski definition) is 3. The highest BCUT2D eigenvalue weighted by Crippen LogP contribution is 2.30. The van der Waals surface area contributed by atoms with Crippen LogP contribution < -0.4 is 21.3 Å². The second kappa shape index (κ2) is 10.6. The van der Waals surface area contributed by atoms with Gasteiger partial charge in [-0.05, 0) is 37.7 Å². The molecule has 7 nitrogen and oxygen atoms in total. The molecule has 3 fully saturated rings. The van der Waals surface area contributed by atoms with Gasteiger partial charge in [0.2, 0.25) is 5.91 Å². The van der Waals surface area contributed by atoms with Gasteiger partial charge in [-0.15, -0.1) is 12.4 Å². The molecule has 4 rings (SSSR count). The Labute approximate surface area is 179 Å². The van der Waals surface area contributed by atoms with Crippen molar-refractivity contribution in [2.24, 2.45) is 17.6 Å². The number of anilines is 1. The summed E-state index contributed by atoms with van der Waals surface area (Å²) in [4.78, 5) is 18.4. The van der Waals surface area contributed by atoms with Crippen molar-refractivity contribution in [3.05, 3.63) is 23.9 Å². The van der Waals surface area contributed by atoms with E-state index in [1.807, 2.05) is 12.3 Å². The quantitative estimate of drug-likeness (QED) is 0.641. The third-order valence-corrected chi connectivity index (χ3v) is 6.66. The number of aromatic nitrogens is 1. The van der Waals surface area contributed by atoms with Gasteiger partial charge in [0.1, 0.15) is 5.82 Å². The van der Waals surface area contributed by atoms with Crippen LogP contribution in [-0.4, -0.2) is 55.8 Å². The van der Waals surface area contributed by atoms with Crippen molar-refractivity contribution in [1.29, 1.82) is 0 Å². The average molecular weight is 424 g/mol. The van der Waals surface area contributed by atoms with E-state index in [1.165, 1.54) is 24.8 Å². The maximum Gasteiger partial charge on any atom is 0.220 e. The Balaban J connectivity index is 0.00000240. The number of ether oxygens (including phenoxy) is 1. The Hall–Kier alpha value is -1.41. The zero-order valence-corrected chi connectivity index (χ0v) is 17.8. The van der Waals surface area contributed by atoms with Crippen molar-refractivity contribution >= 4 is 24.1 Å². The fourth-order valence-electron chi connectivity index (χ4n) is 5.05. The van der Waals surface area contributed by atoms with E-state index in [0.717, 1.165) is 58.1 Å². The highest BCUT2D eigenvalue weighted by Gasteiger charge is 2.34. The third kappa shape index (κ3) is 5.40. The lowest BCUT2D eigenvalue weighted by molar-refractivity contribution is -0.122. The minimum Gasteiger partial charge on any atom is -0.379 e. The molecule has 4 N–H and O–H groups in total. The molecule has 1 aliphatic carbocycles. The fraction of sp³-hybridized carbons (Fsp3) is 0.714. The summed E-state index contributed by atoms with van der Waals surface area (Å²) in [6.07, 6.45) is 7.26. The number of nitrogens with two attached hydrogens (primary N) is 1. The van der Waals surface area contributed by atoms with Gasteiger partial charge in [0.25, 0.3) is 0 Å². The lowest BCUT2D eigenvalue weighted by atomic mass is 9.93. The molecule has 3 unspecified atom stereocenters. The van der Waals surface area contributed by atoms with Crippen LogP contribution >= 0.6 is 12.4 Å². The Bertz CT molecular complexity index is 662. The normalized spacial score (nSPS) is 28.1. The number of nitrogens with zero attached hydrogens (tertiary/aromatic N) is 2. The Morgan fingerprint density at radius 1 is 1.31 bits per heavy atom. The van der Waals surface area contributed by atoms with E-state index in [-0.39, 0.29) is 24.2 Å². The van der Waals surface area contributed by atoms with E-state index in [4.69, 9.17) is 10.5 Å². The molecule has 1 saturated carbocycles. The molecule has 8 heteroatoms. The highest BCUT2D eigenvalue weighted by atomic mass is 35.5. The number of morpholine rings is 1. The van der Waals surface area contributed by atoms with Crippen LogP contribution in [0.25, 0.3) is 0 Å². The van der Waals surface area contributed by atoms with E-state index in [1.54, 1.807) is 0 Å². The molecular formula is C21H34ClN5O2. The second-order valence-electron chi connectivity index (χ2n) is 8.37. The molecule has 3 aliphatic rings. The van der Waals surface area contributed by atoms with Crippen LogP contribution in [0.4, 0.5) is 5.82 Å². The monoisotopic (exact) mass is 423 g/mol. The van der Waals surface area contributed by atoms with Gasteiger partial charge in [0, 0.05) is 55.9 Å². The summed E-state index contributed by atoms with van der Waals surface area (Å²) in [5, 5.41) is 7.46. The maximum atomic E-state index is 11.4. The van der Waals surface area contributed by atoms with Gasteiger partial charge in [-0.25, -0.2) is 4.98 Å². The lowest BCUT2D eigenvalue weighted by Crippen LogP contribution is -2.50. The van der Waals surface area contributed by atoms with Crippen LogP contribution in [-0.2, 0) is 16.1 Å². The minimum atomic E-state index is -0.171. The topological polar surface area (TPSA) is 92.5 Å². The number of piperidine rings is 1. The van der Waals surface area contributed by atoms with E-state index in [9.17, 15) is 4.79 Å². The number of carbonyl (C=O) groups is 1. The first kappa shape index (κ1) is 22.3. The molecule has 1 aromatic heterocycles. The van der Waals surface area contributed by atoms with Crippen LogP contribution in [0.2, 0.25) is 0 Å². The summed E-state index contributed by atoms with van der Waals surface area (Å²) in [6, 6.07) is 5.17. The number of primary amides is 1. The molecule has 0 aromatic carbocycles. The smallest absolute Gasteiger partial charge is 0.220 e. The highest BCUT2D eigenvalue weighted by molar-refractivity contribution is 5.85. The predicted molar refractivity (Wildman–Crippen MR) is 116 cm³/mol. The first-order valence-corrected chi connectivity index (χ1v) is 10.7. The molecule has 3 atom stereocenters. The van der Waals surface area contributed by atoms with Crippen molar-refractivity contribution in [1.82, 2.24) is 15.6 Å². The molecule has 1 aromatic rings. The van der Waals surface area contributed by atoms with Gasteiger partial charge >= 0.3 is 0 Å². The average Bonchev–Trinajstić information content (AvgIpc) is 3.22. The van der Waals surface area contributed by atoms with Crippen LogP contribution in [0.1, 0.15) is 37.7 Å². The molecule has 0 bridgehead atoms. The van der Waals surface area contributed by atoms with E-state index < -0.39 is 0 Å². The Morgan fingerprint density at radius 2 is 2.14 bits per heavy atom. The van der Waals surface area contributed by atoms with Crippen LogP contribution in [0.3, 0.4) is 0 Å². The van der Waals surface area contributed by atoms with Crippen LogP contribution in [0, 0.1) is 11.8 Å². The van der Waals surface area contributed by atoms with Crippen molar-refractivity contribution in [3.63, 3.8) is 0 Å². The lowest BCUT2D eigenvalue weighted by Gasteiger charge is -2.34.